The van der Waals surface area contributed by atoms with Crippen molar-refractivity contribution >= 4 is 23.1 Å². The summed E-state index contributed by atoms with van der Waals surface area (Å²) in [5.41, 5.74) is 3.11. The average Bonchev–Trinajstić information content (AvgIpc) is 3.21. The van der Waals surface area contributed by atoms with Gasteiger partial charge in [-0.3, -0.25) is 0 Å². The molecule has 7 heteroatoms. The van der Waals surface area contributed by atoms with E-state index < -0.39 is 11.8 Å². The number of hydrogen-bond acceptors (Lipinski definition) is 3. The Morgan fingerprint density at radius 2 is 2.15 bits per heavy atom. The van der Waals surface area contributed by atoms with Crippen LogP contribution in [0.2, 0.25) is 5.02 Å². The normalized spacial score (nSPS) is 18.6. The summed E-state index contributed by atoms with van der Waals surface area (Å²) in [5, 5.41) is 11.2. The largest absolute Gasteiger partial charge is 0.502 e. The number of hydrogen-bond donors (Lipinski definition) is 1. The van der Waals surface area contributed by atoms with Crippen LogP contribution in [0.1, 0.15) is 31.3 Å². The molecular weight excluding hydrogens is 371 g/mol. The molecule has 1 N–H and O–H groups in total. The van der Waals surface area contributed by atoms with Crippen molar-refractivity contribution in [2.75, 3.05) is 13.7 Å². The Hall–Kier alpha value is -2.73. The summed E-state index contributed by atoms with van der Waals surface area (Å²) in [4.78, 5) is 11.9. The number of allylic oxidation sites excluding steroid dienone is 2. The molecule has 2 aliphatic rings. The second-order valence-corrected chi connectivity index (χ2v) is 6.97. The number of aromatic hydroxyl groups is 1. The number of pyridine rings is 1. The zero-order valence-electron chi connectivity index (χ0n) is 15.1. The lowest BCUT2D eigenvalue weighted by atomic mass is 10.1. The van der Waals surface area contributed by atoms with E-state index in [1.165, 1.54) is 13.2 Å². The van der Waals surface area contributed by atoms with Crippen LogP contribution < -0.4 is 19.7 Å². The molecule has 3 heterocycles. The van der Waals surface area contributed by atoms with E-state index in [1.54, 1.807) is 22.8 Å². The van der Waals surface area contributed by atoms with Gasteiger partial charge in [0.1, 0.15) is 5.57 Å². The topological polar surface area (TPSA) is 53.4 Å². The molecule has 1 atom stereocenters. The molecule has 0 aliphatic carbocycles. The molecule has 0 saturated carbocycles. The number of fused-ring (bicyclic) bond motifs is 2. The average molecular weight is 389 g/mol. The molecule has 1 unspecified atom stereocenters. The molecule has 0 fully saturated rings. The van der Waals surface area contributed by atoms with Gasteiger partial charge in [0.05, 0.1) is 12.3 Å². The lowest BCUT2D eigenvalue weighted by molar-refractivity contribution is -0.592. The molecule has 27 heavy (non-hydrogen) atoms. The first-order valence-electron chi connectivity index (χ1n) is 8.54. The van der Waals surface area contributed by atoms with E-state index in [2.05, 4.69) is 0 Å². The van der Waals surface area contributed by atoms with Gasteiger partial charge in [0, 0.05) is 18.0 Å². The Kier molecular flexibility index (Phi) is 4.03. The zero-order valence-corrected chi connectivity index (χ0v) is 15.8. The van der Waals surface area contributed by atoms with Crippen LogP contribution in [-0.4, -0.2) is 24.7 Å². The summed E-state index contributed by atoms with van der Waals surface area (Å²) >= 11 is 6.13. The molecule has 2 aliphatic heterocycles. The van der Waals surface area contributed by atoms with Gasteiger partial charge < -0.3 is 9.84 Å². The number of aromatic nitrogens is 1. The van der Waals surface area contributed by atoms with Crippen LogP contribution >= 0.6 is 11.6 Å². The quantitative estimate of drug-likeness (QED) is 0.634. The number of carbonyl (C=O) groups is 1. The summed E-state index contributed by atoms with van der Waals surface area (Å²) in [5.74, 6) is -0.747. The Morgan fingerprint density at radius 3 is 2.81 bits per heavy atom. The summed E-state index contributed by atoms with van der Waals surface area (Å²) in [6.07, 6.45) is 1.83. The molecule has 0 amide bonds. The molecule has 2 aromatic rings. The number of methoxy groups -OCH3 is 1. The summed E-state index contributed by atoms with van der Waals surface area (Å²) in [7, 11) is 1.30. The van der Waals surface area contributed by atoms with E-state index in [0.29, 0.717) is 16.3 Å². The fourth-order valence-electron chi connectivity index (χ4n) is 3.85. The lowest BCUT2D eigenvalue weighted by Gasteiger charge is -2.02. The van der Waals surface area contributed by atoms with Crippen LogP contribution in [0.4, 0.5) is 4.39 Å². The summed E-state index contributed by atoms with van der Waals surface area (Å²) in [6.45, 7) is 3.69. The van der Waals surface area contributed by atoms with E-state index in [-0.39, 0.29) is 23.4 Å². The minimum atomic E-state index is -0.506. The minimum absolute atomic E-state index is 0.0581. The highest BCUT2D eigenvalue weighted by atomic mass is 35.5. The van der Waals surface area contributed by atoms with Gasteiger partial charge in [0.25, 0.3) is 11.1 Å². The third-order valence-corrected chi connectivity index (χ3v) is 5.27. The van der Waals surface area contributed by atoms with Crippen molar-refractivity contribution in [1.29, 1.82) is 0 Å². The molecule has 1 aromatic carbocycles. The number of benzene rings is 1. The third kappa shape index (κ3) is 2.55. The number of ether oxygens (including phenoxy) is 1. The van der Waals surface area contributed by atoms with Crippen molar-refractivity contribution in [3.05, 3.63) is 68.8 Å². The Balaban J connectivity index is 2.09. The first-order chi connectivity index (χ1) is 12.9. The first-order valence-corrected chi connectivity index (χ1v) is 8.92. The summed E-state index contributed by atoms with van der Waals surface area (Å²) < 4.78 is 23.2. The molecule has 4 rings (SSSR count). The van der Waals surface area contributed by atoms with Gasteiger partial charge in [-0.25, -0.2) is 4.79 Å². The van der Waals surface area contributed by atoms with Crippen LogP contribution in [0, 0.1) is 5.82 Å². The molecule has 138 valence electrons. The van der Waals surface area contributed by atoms with Gasteiger partial charge >= 0.3 is 5.97 Å². The number of esters is 1. The van der Waals surface area contributed by atoms with E-state index >= 15 is 0 Å². The van der Waals surface area contributed by atoms with Crippen LogP contribution in [-0.2, 0) is 9.53 Å². The van der Waals surface area contributed by atoms with Crippen molar-refractivity contribution in [1.82, 2.24) is 4.58 Å². The summed E-state index contributed by atoms with van der Waals surface area (Å²) in [6, 6.07) is 6.42. The van der Waals surface area contributed by atoms with Crippen molar-refractivity contribution in [2.24, 2.45) is 0 Å². The van der Waals surface area contributed by atoms with Gasteiger partial charge in [-0.2, -0.15) is 13.5 Å². The monoisotopic (exact) mass is 388 g/mol. The van der Waals surface area contributed by atoms with Gasteiger partial charge in [-0.05, 0) is 31.2 Å². The standard InChI is InChI=1S/C20H17ClFN2O3/c1-4-14-18(15-5-6-16(25)19-10(2)24(15)19)12-7-11(21)8-13(22)20(12)23(14)9-17(26)27-3/h4-8,10H,9H2,1-3H3/q+1/p+1. The Morgan fingerprint density at radius 1 is 1.41 bits per heavy atom. The third-order valence-electron chi connectivity index (χ3n) is 5.05. The van der Waals surface area contributed by atoms with Crippen LogP contribution in [0.5, 0.6) is 5.75 Å². The molecule has 1 aromatic heterocycles. The fourth-order valence-corrected chi connectivity index (χ4v) is 4.06. The highest BCUT2D eigenvalue weighted by Crippen LogP contribution is 2.35. The van der Waals surface area contributed by atoms with Crippen molar-refractivity contribution in [3.8, 4) is 5.75 Å². The SMILES string of the molecule is CC=C1C(c2ccc(O)c3[n+]2C3C)=c2cc(Cl)cc(F)c2=[N+]1CC(=O)OC. The molecule has 0 saturated heterocycles. The molecule has 0 spiro atoms. The van der Waals surface area contributed by atoms with E-state index in [9.17, 15) is 14.3 Å². The molecule has 5 nitrogen and oxygen atoms in total. The molecule has 0 bridgehead atoms. The number of rotatable bonds is 3. The number of nitrogens with zero attached hydrogens (tertiary/aromatic N) is 2. The maximum absolute atomic E-state index is 14.8. The van der Waals surface area contributed by atoms with Gasteiger partial charge in [0.15, 0.2) is 11.6 Å². The van der Waals surface area contributed by atoms with Crippen molar-refractivity contribution < 1.29 is 23.6 Å². The van der Waals surface area contributed by atoms with E-state index in [4.69, 9.17) is 16.3 Å². The predicted octanol–water partition coefficient (Wildman–Crippen LogP) is 1.18. The van der Waals surface area contributed by atoms with Gasteiger partial charge in [-0.15, -0.1) is 0 Å². The maximum atomic E-state index is 14.8. The smallest absolute Gasteiger partial charge is 0.372 e. The highest BCUT2D eigenvalue weighted by molar-refractivity contribution is 6.30. The highest BCUT2D eigenvalue weighted by Gasteiger charge is 2.50. The Labute approximate surface area is 159 Å². The predicted molar refractivity (Wildman–Crippen MR) is 97.2 cm³/mol. The van der Waals surface area contributed by atoms with Crippen LogP contribution in [0.3, 0.4) is 0 Å². The van der Waals surface area contributed by atoms with Crippen LogP contribution in [0.25, 0.3) is 5.57 Å². The van der Waals surface area contributed by atoms with E-state index in [1.807, 2.05) is 24.5 Å². The molecular formula is C20H18ClFN2O3+2. The van der Waals surface area contributed by atoms with Gasteiger partial charge in [0.2, 0.25) is 24.0 Å². The lowest BCUT2D eigenvalue weighted by Crippen LogP contribution is -2.39. The molecule has 0 radical (unpaired) electrons. The second-order valence-electron chi connectivity index (χ2n) is 6.53. The Bertz CT molecular complexity index is 1170. The van der Waals surface area contributed by atoms with Crippen molar-refractivity contribution in [3.63, 3.8) is 0 Å². The zero-order chi connectivity index (χ0) is 19.5. The number of halogens is 2. The fraction of sp³-hybridized carbons (Fsp3) is 0.250. The van der Waals surface area contributed by atoms with Crippen LogP contribution in [0.15, 0.2) is 36.0 Å². The first kappa shape index (κ1) is 17.7. The maximum Gasteiger partial charge on any atom is 0.372 e. The number of carbonyl (C=O) groups excluding carboxylic acids is 1. The van der Waals surface area contributed by atoms with Crippen molar-refractivity contribution in [2.45, 2.75) is 19.9 Å². The van der Waals surface area contributed by atoms with E-state index in [0.717, 1.165) is 17.0 Å². The second kappa shape index (κ2) is 6.16. The minimum Gasteiger partial charge on any atom is -0.502 e. The van der Waals surface area contributed by atoms with Gasteiger partial charge in [-0.1, -0.05) is 11.6 Å².